The topological polar surface area (TPSA) is 64.6 Å². The number of ether oxygens (including phenoxy) is 2. The van der Waals surface area contributed by atoms with Crippen LogP contribution in [-0.2, 0) is 14.3 Å². The summed E-state index contributed by atoms with van der Waals surface area (Å²) in [4.78, 5) is 23.2. The van der Waals surface area contributed by atoms with Crippen molar-refractivity contribution in [2.75, 3.05) is 0 Å². The summed E-state index contributed by atoms with van der Waals surface area (Å²) in [5, 5.41) is 1.80. The highest BCUT2D eigenvalue weighted by atomic mass is 19.4. The Morgan fingerprint density at radius 2 is 1.85 bits per heavy atom. The molecular formula is C12H14F3NO4. The summed E-state index contributed by atoms with van der Waals surface area (Å²) < 4.78 is 45.9. The summed E-state index contributed by atoms with van der Waals surface area (Å²) in [5.41, 5.74) is -3.57. The van der Waals surface area contributed by atoms with Gasteiger partial charge in [0.05, 0.1) is 0 Å². The molecule has 1 N–H and O–H groups in total. The third-order valence-corrected chi connectivity index (χ3v) is 2.02. The second kappa shape index (κ2) is 5.28. The van der Waals surface area contributed by atoms with E-state index < -0.39 is 29.6 Å². The minimum absolute atomic E-state index is 0.798. The normalized spacial score (nSPS) is 22.8. The van der Waals surface area contributed by atoms with E-state index in [4.69, 9.17) is 4.74 Å². The number of amides is 1. The van der Waals surface area contributed by atoms with Crippen molar-refractivity contribution in [3.05, 3.63) is 24.3 Å². The van der Waals surface area contributed by atoms with Crippen molar-refractivity contribution in [3.63, 3.8) is 0 Å². The second-order valence-corrected chi connectivity index (χ2v) is 4.99. The Balaban J connectivity index is 2.96. The number of hydrogen-bond donors (Lipinski definition) is 1. The molecule has 1 atom stereocenters. The molecule has 0 aromatic carbocycles. The smallest absolute Gasteiger partial charge is 0.444 e. The molecule has 1 aliphatic rings. The van der Waals surface area contributed by atoms with Gasteiger partial charge in [0.25, 0.3) is 0 Å². The number of carbonyl (C=O) groups excluding carboxylic acids is 2. The summed E-state index contributed by atoms with van der Waals surface area (Å²) in [7, 11) is 0. The first-order valence-electron chi connectivity index (χ1n) is 5.62. The van der Waals surface area contributed by atoms with Gasteiger partial charge in [0, 0.05) is 0 Å². The fourth-order valence-corrected chi connectivity index (χ4v) is 1.39. The van der Waals surface area contributed by atoms with Gasteiger partial charge in [0.15, 0.2) is 0 Å². The van der Waals surface area contributed by atoms with Gasteiger partial charge in [-0.25, -0.2) is 4.79 Å². The second-order valence-electron chi connectivity index (χ2n) is 4.99. The highest BCUT2D eigenvalue weighted by Gasteiger charge is 2.48. The van der Waals surface area contributed by atoms with E-state index in [1.54, 1.807) is 5.32 Å². The lowest BCUT2D eigenvalue weighted by atomic mass is 10.0. The average Bonchev–Trinajstić information content (AvgIpc) is 2.16. The summed E-state index contributed by atoms with van der Waals surface area (Å²) in [6.45, 7) is 4.59. The molecule has 0 radical (unpaired) electrons. The van der Waals surface area contributed by atoms with Gasteiger partial charge in [0.2, 0.25) is 11.5 Å². The lowest BCUT2D eigenvalue weighted by Crippen LogP contribution is -2.58. The molecule has 0 spiro atoms. The van der Waals surface area contributed by atoms with Gasteiger partial charge in [0.1, 0.15) is 5.60 Å². The Kier molecular flexibility index (Phi) is 4.28. The Labute approximate surface area is 113 Å². The number of alkyl halides is 3. The first-order valence-corrected chi connectivity index (χ1v) is 5.62. The fourth-order valence-electron chi connectivity index (χ4n) is 1.39. The predicted octanol–water partition coefficient (Wildman–Crippen LogP) is 2.44. The van der Waals surface area contributed by atoms with Gasteiger partial charge >= 0.3 is 12.5 Å². The lowest BCUT2D eigenvalue weighted by molar-refractivity contribution is -0.354. The van der Waals surface area contributed by atoms with Crippen LogP contribution >= 0.6 is 0 Å². The zero-order chi connectivity index (χ0) is 15.6. The number of halogens is 3. The first kappa shape index (κ1) is 16.2. The molecule has 0 heterocycles. The molecule has 1 aliphatic carbocycles. The standard InChI is InChI=1S/C12H14F3NO4/c1-10(2,3)19-9(18)16-11(20-12(13,14)15)7-5-4-6-8(11)17/h4-7H,1-3H3,(H,16,18)/t11-/m1/s1. The zero-order valence-electron chi connectivity index (χ0n) is 11.1. The van der Waals surface area contributed by atoms with Gasteiger partial charge < -0.3 is 4.74 Å². The summed E-state index contributed by atoms with van der Waals surface area (Å²) in [6.07, 6.45) is -2.26. The van der Waals surface area contributed by atoms with Crippen molar-refractivity contribution in [2.45, 2.75) is 38.5 Å². The molecule has 0 bridgehead atoms. The van der Waals surface area contributed by atoms with E-state index in [-0.39, 0.29) is 0 Å². The summed E-state index contributed by atoms with van der Waals surface area (Å²) in [6, 6.07) is 0. The van der Waals surface area contributed by atoms with Gasteiger partial charge in [-0.3, -0.25) is 14.8 Å². The highest BCUT2D eigenvalue weighted by molar-refractivity contribution is 6.01. The molecule has 1 amide bonds. The third kappa shape index (κ3) is 4.69. The fraction of sp³-hybridized carbons (Fsp3) is 0.500. The first-order chi connectivity index (χ1) is 8.94. The van der Waals surface area contributed by atoms with E-state index >= 15 is 0 Å². The van der Waals surface area contributed by atoms with Crippen LogP contribution in [0.2, 0.25) is 0 Å². The van der Waals surface area contributed by atoms with E-state index in [9.17, 15) is 22.8 Å². The molecule has 0 aromatic rings. The molecule has 0 fully saturated rings. The van der Waals surface area contributed by atoms with Gasteiger partial charge in [-0.1, -0.05) is 12.2 Å². The molecule has 0 unspecified atom stereocenters. The monoisotopic (exact) mass is 293 g/mol. The van der Waals surface area contributed by atoms with Crippen molar-refractivity contribution in [2.24, 2.45) is 0 Å². The van der Waals surface area contributed by atoms with Crippen molar-refractivity contribution in [1.82, 2.24) is 5.32 Å². The number of rotatable bonds is 2. The zero-order valence-corrected chi connectivity index (χ0v) is 11.1. The van der Waals surface area contributed by atoms with Crippen LogP contribution in [0.4, 0.5) is 18.0 Å². The lowest BCUT2D eigenvalue weighted by Gasteiger charge is -2.32. The number of carbonyl (C=O) groups is 2. The van der Waals surface area contributed by atoms with Crippen LogP contribution < -0.4 is 5.32 Å². The van der Waals surface area contributed by atoms with E-state index in [1.807, 2.05) is 0 Å². The molecule has 112 valence electrons. The molecular weight excluding hydrogens is 279 g/mol. The number of nitrogens with one attached hydrogen (secondary N) is 1. The molecule has 5 nitrogen and oxygen atoms in total. The molecule has 8 heteroatoms. The van der Waals surface area contributed by atoms with E-state index in [0.717, 1.165) is 18.2 Å². The maximum Gasteiger partial charge on any atom is 0.525 e. The maximum atomic E-state index is 12.4. The average molecular weight is 293 g/mol. The minimum Gasteiger partial charge on any atom is -0.444 e. The number of ketones is 1. The van der Waals surface area contributed by atoms with Crippen LogP contribution in [0.3, 0.4) is 0 Å². The Morgan fingerprint density at radius 3 is 2.30 bits per heavy atom. The van der Waals surface area contributed by atoms with Crippen molar-refractivity contribution in [1.29, 1.82) is 0 Å². The summed E-state index contributed by atoms with van der Waals surface area (Å²) >= 11 is 0. The Hall–Kier alpha value is -1.83. The van der Waals surface area contributed by atoms with Crippen molar-refractivity contribution in [3.8, 4) is 0 Å². The van der Waals surface area contributed by atoms with E-state index in [2.05, 4.69) is 4.74 Å². The third-order valence-electron chi connectivity index (χ3n) is 2.02. The molecule has 0 aliphatic heterocycles. The molecule has 1 rings (SSSR count). The number of allylic oxidation sites excluding steroid dienone is 2. The van der Waals surface area contributed by atoms with Crippen LogP contribution in [0.25, 0.3) is 0 Å². The quantitative estimate of drug-likeness (QED) is 0.794. The largest absolute Gasteiger partial charge is 0.525 e. The Bertz CT molecular complexity index is 462. The van der Waals surface area contributed by atoms with Crippen molar-refractivity contribution < 1.29 is 32.2 Å². The minimum atomic E-state index is -5.11. The Morgan fingerprint density at radius 1 is 1.25 bits per heavy atom. The molecule has 0 saturated carbocycles. The number of alkyl carbamates (subject to hydrolysis) is 1. The molecule has 20 heavy (non-hydrogen) atoms. The maximum absolute atomic E-state index is 12.4. The van der Waals surface area contributed by atoms with Crippen molar-refractivity contribution >= 4 is 11.9 Å². The predicted molar refractivity (Wildman–Crippen MR) is 62.5 cm³/mol. The SMILES string of the molecule is CC(C)(C)OC(=O)N[C@@]1(OC(F)(F)F)C=CC=CC1=O. The molecule has 0 aromatic heterocycles. The van der Waals surface area contributed by atoms with Gasteiger partial charge in [-0.15, -0.1) is 13.2 Å². The van der Waals surface area contributed by atoms with E-state index in [0.29, 0.717) is 0 Å². The van der Waals surface area contributed by atoms with Crippen LogP contribution in [0.5, 0.6) is 0 Å². The van der Waals surface area contributed by atoms with Crippen LogP contribution in [0.15, 0.2) is 24.3 Å². The molecule has 0 saturated heterocycles. The van der Waals surface area contributed by atoms with Gasteiger partial charge in [-0.05, 0) is 32.9 Å². The highest BCUT2D eigenvalue weighted by Crippen LogP contribution is 2.28. The van der Waals surface area contributed by atoms with E-state index in [1.165, 1.54) is 26.8 Å². The van der Waals surface area contributed by atoms with Crippen LogP contribution in [0, 0.1) is 0 Å². The van der Waals surface area contributed by atoms with Gasteiger partial charge in [-0.2, -0.15) is 0 Å². The number of hydrogen-bond acceptors (Lipinski definition) is 4. The van der Waals surface area contributed by atoms with Crippen LogP contribution in [0.1, 0.15) is 20.8 Å². The summed E-state index contributed by atoms with van der Waals surface area (Å²) in [5.74, 6) is -1.07. The van der Waals surface area contributed by atoms with Crippen LogP contribution in [-0.4, -0.2) is 29.6 Å².